The van der Waals surface area contributed by atoms with Crippen LogP contribution in [0.25, 0.3) is 0 Å². The molecule has 0 aromatic carbocycles. The molecule has 2 atom stereocenters. The molecule has 0 spiro atoms. The molecule has 0 fully saturated rings. The summed E-state index contributed by atoms with van der Waals surface area (Å²) in [6.07, 6.45) is 3.21. The lowest BCUT2D eigenvalue weighted by Crippen LogP contribution is -2.20. The minimum absolute atomic E-state index is 0.178. The highest BCUT2D eigenvalue weighted by Gasteiger charge is 2.09. The van der Waals surface area contributed by atoms with Crippen LogP contribution < -0.4 is 0 Å². The summed E-state index contributed by atoms with van der Waals surface area (Å²) in [5, 5.41) is 0. The molecule has 0 heterocycles. The van der Waals surface area contributed by atoms with Gasteiger partial charge < -0.3 is 9.53 Å². The van der Waals surface area contributed by atoms with Crippen molar-refractivity contribution in [1.29, 1.82) is 0 Å². The van der Waals surface area contributed by atoms with E-state index in [0.29, 0.717) is 0 Å². The van der Waals surface area contributed by atoms with Gasteiger partial charge >= 0.3 is 0 Å². The van der Waals surface area contributed by atoms with E-state index in [4.69, 9.17) is 4.74 Å². The molecule has 0 aliphatic rings. The second-order valence-electron chi connectivity index (χ2n) is 2.67. The Balaban J connectivity index is 3.58. The molecule has 65 valence electrons. The Kier molecular flexibility index (Phi) is 6.13. The van der Waals surface area contributed by atoms with Crippen LogP contribution >= 0.6 is 0 Å². The van der Waals surface area contributed by atoms with E-state index in [1.807, 2.05) is 13.8 Å². The first-order chi connectivity index (χ1) is 5.24. The predicted molar refractivity (Wildman–Crippen MR) is 45.3 cm³/mol. The third-order valence-corrected chi connectivity index (χ3v) is 1.62. The number of rotatable bonds is 6. The second kappa shape index (κ2) is 6.35. The Bertz CT molecular complexity index is 102. The molecule has 0 N–H and O–H groups in total. The van der Waals surface area contributed by atoms with Crippen LogP contribution in [0.5, 0.6) is 0 Å². The maximum Gasteiger partial charge on any atom is 0.148 e. The highest BCUT2D eigenvalue weighted by Crippen LogP contribution is 2.05. The van der Waals surface area contributed by atoms with Crippen molar-refractivity contribution in [1.82, 2.24) is 0 Å². The lowest BCUT2D eigenvalue weighted by atomic mass is 10.2. The van der Waals surface area contributed by atoms with Gasteiger partial charge in [0.05, 0.1) is 6.10 Å². The Morgan fingerprint density at radius 1 is 1.64 bits per heavy atom. The quantitative estimate of drug-likeness (QED) is 0.551. The van der Waals surface area contributed by atoms with Gasteiger partial charge in [-0.2, -0.15) is 0 Å². The van der Waals surface area contributed by atoms with Gasteiger partial charge in [-0.25, -0.2) is 0 Å². The number of aldehydes is 1. The van der Waals surface area contributed by atoms with Gasteiger partial charge in [0.2, 0.25) is 0 Å². The van der Waals surface area contributed by atoms with Crippen LogP contribution in [0.1, 0.15) is 33.1 Å². The van der Waals surface area contributed by atoms with Crippen LogP contribution in [0.4, 0.5) is 0 Å². The Morgan fingerprint density at radius 2 is 2.27 bits per heavy atom. The molecule has 0 aromatic rings. The first-order valence-electron chi connectivity index (χ1n) is 4.14. The average molecular weight is 157 g/mol. The lowest BCUT2D eigenvalue weighted by Gasteiger charge is -2.15. The molecule has 0 aromatic heterocycles. The lowest BCUT2D eigenvalue weighted by molar-refractivity contribution is -0.121. The average Bonchev–Trinajstić information content (AvgIpc) is 2.03. The summed E-state index contributed by atoms with van der Waals surface area (Å²) in [7, 11) is 0. The van der Waals surface area contributed by atoms with Crippen molar-refractivity contribution < 1.29 is 9.53 Å². The zero-order valence-electron chi connectivity index (χ0n) is 7.38. The number of carbonyl (C=O) groups excluding carboxylic acids is 1. The smallest absolute Gasteiger partial charge is 0.148 e. The van der Waals surface area contributed by atoms with Crippen molar-refractivity contribution in [2.75, 3.05) is 0 Å². The fourth-order valence-corrected chi connectivity index (χ4v) is 0.764. The summed E-state index contributed by atoms with van der Waals surface area (Å²) in [5.41, 5.74) is 0. The van der Waals surface area contributed by atoms with Gasteiger partial charge in [0.25, 0.3) is 0 Å². The van der Waals surface area contributed by atoms with Crippen molar-refractivity contribution in [2.24, 2.45) is 0 Å². The van der Waals surface area contributed by atoms with E-state index < -0.39 is 0 Å². The molecule has 0 aliphatic heterocycles. The first-order valence-corrected chi connectivity index (χ1v) is 4.14. The van der Waals surface area contributed by atoms with E-state index >= 15 is 0 Å². The van der Waals surface area contributed by atoms with Gasteiger partial charge in [-0.05, 0) is 19.8 Å². The fourth-order valence-electron chi connectivity index (χ4n) is 0.764. The van der Waals surface area contributed by atoms with E-state index in [9.17, 15) is 4.79 Å². The monoisotopic (exact) mass is 157 g/mol. The van der Waals surface area contributed by atoms with E-state index in [0.717, 1.165) is 25.5 Å². The number of ether oxygens (including phenoxy) is 1. The summed E-state index contributed by atoms with van der Waals surface area (Å²) < 4.78 is 5.38. The molecule has 0 amide bonds. The minimum Gasteiger partial charge on any atom is -0.368 e. The summed E-state index contributed by atoms with van der Waals surface area (Å²) in [5.74, 6) is 0. The van der Waals surface area contributed by atoms with Crippen LogP contribution in [0, 0.1) is 6.92 Å². The van der Waals surface area contributed by atoms with Crippen LogP contribution in [0.15, 0.2) is 0 Å². The van der Waals surface area contributed by atoms with Crippen molar-refractivity contribution in [3.05, 3.63) is 6.92 Å². The normalized spacial score (nSPS) is 15.9. The van der Waals surface area contributed by atoms with Crippen molar-refractivity contribution in [2.45, 2.75) is 45.3 Å². The van der Waals surface area contributed by atoms with Crippen molar-refractivity contribution in [3.8, 4) is 0 Å². The number of hydrogen-bond donors (Lipinski definition) is 0. The molecule has 0 aliphatic carbocycles. The molecule has 1 radical (unpaired) electrons. The Labute approximate surface area is 68.9 Å². The topological polar surface area (TPSA) is 26.3 Å². The van der Waals surface area contributed by atoms with Crippen LogP contribution in [0.2, 0.25) is 0 Å². The van der Waals surface area contributed by atoms with Gasteiger partial charge in [0, 0.05) is 0 Å². The highest BCUT2D eigenvalue weighted by molar-refractivity contribution is 5.55. The standard InChI is InChI=1S/C9H17O2/c1-4-6-9(7-10)11-8(3)5-2/h7-9H,1,4-6H2,2-3H3. The van der Waals surface area contributed by atoms with Gasteiger partial charge in [0.15, 0.2) is 0 Å². The van der Waals surface area contributed by atoms with Gasteiger partial charge in [-0.3, -0.25) is 0 Å². The van der Waals surface area contributed by atoms with E-state index in [-0.39, 0.29) is 12.2 Å². The Morgan fingerprint density at radius 3 is 2.64 bits per heavy atom. The van der Waals surface area contributed by atoms with E-state index in [2.05, 4.69) is 6.92 Å². The highest BCUT2D eigenvalue weighted by atomic mass is 16.5. The summed E-state index contributed by atoms with van der Waals surface area (Å²) in [4.78, 5) is 10.4. The van der Waals surface area contributed by atoms with E-state index in [1.165, 1.54) is 0 Å². The number of carbonyl (C=O) groups is 1. The molecule has 2 nitrogen and oxygen atoms in total. The second-order valence-corrected chi connectivity index (χ2v) is 2.67. The third-order valence-electron chi connectivity index (χ3n) is 1.62. The fraction of sp³-hybridized carbons (Fsp3) is 0.778. The molecule has 0 rings (SSSR count). The van der Waals surface area contributed by atoms with Crippen LogP contribution in [-0.2, 0) is 9.53 Å². The molecule has 2 heteroatoms. The largest absolute Gasteiger partial charge is 0.368 e. The molecular formula is C9H17O2. The van der Waals surface area contributed by atoms with Crippen molar-refractivity contribution >= 4 is 6.29 Å². The molecule has 2 unspecified atom stereocenters. The first kappa shape index (κ1) is 10.6. The maximum atomic E-state index is 10.4. The van der Waals surface area contributed by atoms with Gasteiger partial charge in [-0.1, -0.05) is 20.3 Å². The zero-order chi connectivity index (χ0) is 8.69. The van der Waals surface area contributed by atoms with Gasteiger partial charge in [-0.15, -0.1) is 0 Å². The summed E-state index contributed by atoms with van der Waals surface area (Å²) in [6.45, 7) is 7.68. The van der Waals surface area contributed by atoms with Crippen LogP contribution in [0.3, 0.4) is 0 Å². The SMILES string of the molecule is [CH2]CCC(C=O)OC(C)CC. The predicted octanol–water partition coefficient (Wildman–Crippen LogP) is 1.98. The van der Waals surface area contributed by atoms with Crippen LogP contribution in [-0.4, -0.2) is 18.5 Å². The minimum atomic E-state index is -0.248. The summed E-state index contributed by atoms with van der Waals surface area (Å²) in [6, 6.07) is 0. The van der Waals surface area contributed by atoms with E-state index in [1.54, 1.807) is 0 Å². The Hall–Kier alpha value is -0.370. The molecular weight excluding hydrogens is 140 g/mol. The summed E-state index contributed by atoms with van der Waals surface area (Å²) >= 11 is 0. The zero-order valence-corrected chi connectivity index (χ0v) is 7.38. The van der Waals surface area contributed by atoms with Crippen molar-refractivity contribution in [3.63, 3.8) is 0 Å². The third kappa shape index (κ3) is 4.96. The maximum absolute atomic E-state index is 10.4. The van der Waals surface area contributed by atoms with Gasteiger partial charge in [0.1, 0.15) is 12.4 Å². The molecule has 0 saturated carbocycles. The number of hydrogen-bond acceptors (Lipinski definition) is 2. The molecule has 0 saturated heterocycles. The molecule has 0 bridgehead atoms. The molecule has 11 heavy (non-hydrogen) atoms.